The highest BCUT2D eigenvalue weighted by atomic mass is 19.1. The third-order valence-corrected chi connectivity index (χ3v) is 6.48. The van der Waals surface area contributed by atoms with Crippen molar-refractivity contribution in [3.8, 4) is 6.07 Å². The van der Waals surface area contributed by atoms with Crippen molar-refractivity contribution < 1.29 is 23.5 Å². The van der Waals surface area contributed by atoms with E-state index in [1.165, 1.54) is 18.2 Å². The van der Waals surface area contributed by atoms with Gasteiger partial charge in [-0.2, -0.15) is 5.26 Å². The molecule has 37 heavy (non-hydrogen) atoms. The van der Waals surface area contributed by atoms with Crippen LogP contribution in [0.25, 0.3) is 0 Å². The minimum Gasteiger partial charge on any atom is -0.383 e. The Kier molecular flexibility index (Phi) is 8.60. The fraction of sp³-hybridized carbons (Fsp3) is 0.480. The predicted molar refractivity (Wildman–Crippen MR) is 134 cm³/mol. The second-order valence-corrected chi connectivity index (χ2v) is 8.95. The largest absolute Gasteiger partial charge is 0.383 e. The molecule has 1 atom stereocenters. The van der Waals surface area contributed by atoms with Gasteiger partial charge in [0.05, 0.1) is 31.1 Å². The fourth-order valence-corrected chi connectivity index (χ4v) is 4.48. The maximum absolute atomic E-state index is 15.2. The lowest BCUT2D eigenvalue weighted by molar-refractivity contribution is -0.00448. The zero-order valence-corrected chi connectivity index (χ0v) is 20.9. The van der Waals surface area contributed by atoms with Crippen molar-refractivity contribution in [3.63, 3.8) is 0 Å². The first kappa shape index (κ1) is 26.4. The molecule has 12 heteroatoms. The number of aryl methyl sites for hydroxylation is 1. The number of morpholine rings is 1. The highest BCUT2D eigenvalue weighted by Gasteiger charge is 2.28. The van der Waals surface area contributed by atoms with Crippen LogP contribution in [0.2, 0.25) is 0 Å². The number of carbonyl (C=O) groups excluding carboxylic acids is 2. The predicted octanol–water partition coefficient (Wildman–Crippen LogP) is 2.56. The molecule has 2 aromatic heterocycles. The Bertz CT molecular complexity index is 1200. The van der Waals surface area contributed by atoms with Crippen LogP contribution in [-0.2, 0) is 22.4 Å². The van der Waals surface area contributed by atoms with Gasteiger partial charge in [0.25, 0.3) is 0 Å². The average Bonchev–Trinajstić information content (AvgIpc) is 2.91. The number of hydrogen-bond donors (Lipinski definition) is 2. The van der Waals surface area contributed by atoms with Gasteiger partial charge in [0.15, 0.2) is 17.9 Å². The van der Waals surface area contributed by atoms with E-state index in [1.807, 2.05) is 12.1 Å². The summed E-state index contributed by atoms with van der Waals surface area (Å²) in [5, 5.41) is 14.6. The highest BCUT2D eigenvalue weighted by Crippen LogP contribution is 2.30. The Hall–Kier alpha value is -3.66. The highest BCUT2D eigenvalue weighted by molar-refractivity contribution is 6.02. The molecule has 2 aromatic rings. The van der Waals surface area contributed by atoms with Gasteiger partial charge in [-0.15, -0.1) is 0 Å². The van der Waals surface area contributed by atoms with Crippen molar-refractivity contribution in [1.82, 2.24) is 14.9 Å². The van der Waals surface area contributed by atoms with Gasteiger partial charge in [-0.1, -0.05) is 0 Å². The molecule has 2 aliphatic rings. The van der Waals surface area contributed by atoms with E-state index in [9.17, 15) is 14.9 Å². The Labute approximate surface area is 214 Å². The minimum absolute atomic E-state index is 0.00864. The van der Waals surface area contributed by atoms with E-state index in [4.69, 9.17) is 9.47 Å². The number of hydrogen-bond acceptors (Lipinski definition) is 9. The zero-order valence-electron chi connectivity index (χ0n) is 20.9. The smallest absolute Gasteiger partial charge is 0.328 e. The number of urea groups is 1. The lowest BCUT2D eigenvalue weighted by Gasteiger charge is -2.34. The summed E-state index contributed by atoms with van der Waals surface area (Å²) in [4.78, 5) is 37.2. The number of nitrogens with one attached hydrogen (secondary N) is 2. The molecule has 11 nitrogen and oxygen atoms in total. The number of rotatable bonds is 8. The molecular weight excluding hydrogens is 481 g/mol. The number of aldehydes is 1. The number of methoxy groups -OCH3 is 1. The van der Waals surface area contributed by atoms with Crippen molar-refractivity contribution in [1.29, 1.82) is 5.26 Å². The quantitative estimate of drug-likeness (QED) is 0.405. The molecule has 2 aliphatic heterocycles. The first-order valence-electron chi connectivity index (χ1n) is 12.2. The van der Waals surface area contributed by atoms with Crippen molar-refractivity contribution in [2.45, 2.75) is 32.4 Å². The molecule has 0 spiro atoms. The number of aromatic nitrogens is 2. The van der Waals surface area contributed by atoms with E-state index in [-0.39, 0.29) is 35.3 Å². The van der Waals surface area contributed by atoms with Crippen LogP contribution >= 0.6 is 0 Å². The van der Waals surface area contributed by atoms with Crippen molar-refractivity contribution in [2.75, 3.05) is 62.1 Å². The normalized spacial score (nSPS) is 17.6. The van der Waals surface area contributed by atoms with Crippen LogP contribution in [0.15, 0.2) is 12.3 Å². The number of carbonyl (C=O) groups is 2. The Balaban J connectivity index is 1.57. The number of fused-ring (bicyclic) bond motifs is 1. The van der Waals surface area contributed by atoms with E-state index in [0.717, 1.165) is 17.7 Å². The van der Waals surface area contributed by atoms with Crippen LogP contribution < -0.4 is 15.5 Å². The van der Waals surface area contributed by atoms with Gasteiger partial charge < -0.3 is 14.8 Å². The molecule has 0 radical (unpaired) electrons. The summed E-state index contributed by atoms with van der Waals surface area (Å²) in [6.07, 6.45) is 3.28. The van der Waals surface area contributed by atoms with Crippen LogP contribution in [0.5, 0.6) is 0 Å². The summed E-state index contributed by atoms with van der Waals surface area (Å²) in [7, 11) is 1.51. The van der Waals surface area contributed by atoms with E-state index < -0.39 is 11.8 Å². The van der Waals surface area contributed by atoms with Gasteiger partial charge in [-0.3, -0.25) is 19.9 Å². The van der Waals surface area contributed by atoms with E-state index in [2.05, 4.69) is 32.4 Å². The molecule has 2 amide bonds. The van der Waals surface area contributed by atoms with Crippen molar-refractivity contribution in [2.24, 2.45) is 0 Å². The fourth-order valence-electron chi connectivity index (χ4n) is 4.48. The Morgan fingerprint density at radius 1 is 1.43 bits per heavy atom. The third-order valence-electron chi connectivity index (χ3n) is 6.48. The second-order valence-electron chi connectivity index (χ2n) is 8.95. The molecule has 0 aliphatic carbocycles. The van der Waals surface area contributed by atoms with Crippen LogP contribution in [0.3, 0.4) is 0 Å². The maximum atomic E-state index is 15.2. The molecule has 4 heterocycles. The topological polar surface area (TPSA) is 133 Å². The van der Waals surface area contributed by atoms with Gasteiger partial charge in [-0.05, 0) is 37.0 Å². The molecular formula is C25H30FN7O4. The van der Waals surface area contributed by atoms with Gasteiger partial charge in [0, 0.05) is 45.5 Å². The molecule has 2 N–H and O–H groups in total. The van der Waals surface area contributed by atoms with E-state index in [1.54, 1.807) is 0 Å². The van der Waals surface area contributed by atoms with Crippen LogP contribution in [0, 0.1) is 17.1 Å². The second kappa shape index (κ2) is 12.1. The molecule has 0 bridgehead atoms. The third kappa shape index (κ3) is 5.85. The number of anilines is 3. The van der Waals surface area contributed by atoms with Gasteiger partial charge >= 0.3 is 6.03 Å². The molecule has 1 fully saturated rings. The first-order valence-corrected chi connectivity index (χ1v) is 12.2. The SMILES string of the molecule is COCCNc1c(C#N)cnc(NC(=O)N2CCCc3cc(CN4CCOCC4C)c(C=O)nc32)c1F. The zero-order chi connectivity index (χ0) is 26.4. The summed E-state index contributed by atoms with van der Waals surface area (Å²) in [6.45, 7) is 5.58. The van der Waals surface area contributed by atoms with Crippen LogP contribution in [0.1, 0.15) is 40.5 Å². The minimum atomic E-state index is -0.850. The van der Waals surface area contributed by atoms with Gasteiger partial charge in [-0.25, -0.2) is 19.2 Å². The van der Waals surface area contributed by atoms with Gasteiger partial charge in [0.2, 0.25) is 0 Å². The number of amides is 2. The summed E-state index contributed by atoms with van der Waals surface area (Å²) in [6, 6.07) is 3.42. The standard InChI is InChI=1S/C25H30FN7O4/c1-16-15-37-9-7-32(16)13-18-10-17-4-3-6-33(24(17)30-20(18)14-34)25(35)31-23-21(26)22(28-5-8-36-2)19(11-27)12-29-23/h10,12,14,16H,3-9,13,15H2,1-2H3,(H2,28,29,31,35). The molecule has 196 valence electrons. The number of halogens is 1. The maximum Gasteiger partial charge on any atom is 0.328 e. The van der Waals surface area contributed by atoms with Gasteiger partial charge in [0.1, 0.15) is 17.6 Å². The van der Waals surface area contributed by atoms with Crippen LogP contribution in [-0.4, -0.2) is 79.8 Å². The van der Waals surface area contributed by atoms with E-state index in [0.29, 0.717) is 57.9 Å². The summed E-state index contributed by atoms with van der Waals surface area (Å²) < 4.78 is 25.6. The number of pyridine rings is 2. The first-order chi connectivity index (χ1) is 18.0. The molecule has 0 saturated carbocycles. The summed E-state index contributed by atoms with van der Waals surface area (Å²) in [5.41, 5.74) is 1.86. The lowest BCUT2D eigenvalue weighted by Crippen LogP contribution is -2.43. The molecule has 0 aromatic carbocycles. The monoisotopic (exact) mass is 511 g/mol. The summed E-state index contributed by atoms with van der Waals surface area (Å²) in [5.74, 6) is -0.793. The van der Waals surface area contributed by atoms with E-state index >= 15 is 4.39 Å². The van der Waals surface area contributed by atoms with Crippen LogP contribution in [0.4, 0.5) is 26.5 Å². The van der Waals surface area contributed by atoms with Crippen molar-refractivity contribution >= 4 is 29.6 Å². The lowest BCUT2D eigenvalue weighted by atomic mass is 10.0. The number of nitriles is 1. The average molecular weight is 512 g/mol. The Morgan fingerprint density at radius 3 is 3.00 bits per heavy atom. The molecule has 4 rings (SSSR count). The number of ether oxygens (including phenoxy) is 2. The molecule has 1 unspecified atom stereocenters. The molecule has 1 saturated heterocycles. The summed E-state index contributed by atoms with van der Waals surface area (Å²) >= 11 is 0. The van der Waals surface area contributed by atoms with Crippen molar-refractivity contribution in [3.05, 3.63) is 40.5 Å². The number of nitrogens with zero attached hydrogens (tertiary/aromatic N) is 5. The Morgan fingerprint density at radius 2 is 2.27 bits per heavy atom.